The summed E-state index contributed by atoms with van der Waals surface area (Å²) in [4.78, 5) is 24.4. The number of rotatable bonds is 7. The van der Waals surface area contributed by atoms with Crippen LogP contribution in [0.5, 0.6) is 0 Å². The molecular weight excluding hydrogens is 270 g/mol. The van der Waals surface area contributed by atoms with E-state index in [0.29, 0.717) is 25.4 Å². The van der Waals surface area contributed by atoms with Gasteiger partial charge >= 0.3 is 12.0 Å². The van der Waals surface area contributed by atoms with E-state index in [1.165, 1.54) is 12.8 Å². The second-order valence-corrected chi connectivity index (χ2v) is 6.43. The molecule has 1 fully saturated rings. The maximum absolute atomic E-state index is 11.8. The zero-order chi connectivity index (χ0) is 15.9. The second kappa shape index (κ2) is 8.22. The van der Waals surface area contributed by atoms with Crippen LogP contribution in [0.4, 0.5) is 4.79 Å². The first kappa shape index (κ1) is 17.8. The molecule has 122 valence electrons. The highest BCUT2D eigenvalue weighted by atomic mass is 16.4. The van der Waals surface area contributed by atoms with Crippen molar-refractivity contribution >= 4 is 12.0 Å². The topological polar surface area (TPSA) is 81.7 Å². The quantitative estimate of drug-likeness (QED) is 0.624. The van der Waals surface area contributed by atoms with Crippen LogP contribution in [0.15, 0.2) is 0 Å². The van der Waals surface area contributed by atoms with Crippen molar-refractivity contribution in [3.05, 3.63) is 0 Å². The summed E-state index contributed by atoms with van der Waals surface area (Å²) in [7, 11) is 4.15. The molecule has 1 rings (SSSR count). The Bertz CT molecular complexity index is 360. The summed E-state index contributed by atoms with van der Waals surface area (Å²) in [5.41, 5.74) is 0.0378. The Balaban J connectivity index is 2.36. The molecule has 21 heavy (non-hydrogen) atoms. The van der Waals surface area contributed by atoms with E-state index in [9.17, 15) is 9.59 Å². The minimum Gasteiger partial charge on any atom is -0.481 e. The Kier molecular flexibility index (Phi) is 6.95. The number of carboxylic acids is 1. The van der Waals surface area contributed by atoms with E-state index in [0.717, 1.165) is 12.8 Å². The standard InChI is InChI=1S/C15H29N3O3/c1-12-6-4-8-15(10-12,18(2)3)11-17-14(21)16-9-5-7-13(19)20/h12H,4-11H2,1-3H3,(H,19,20)(H2,16,17,21). The van der Waals surface area contributed by atoms with E-state index < -0.39 is 5.97 Å². The van der Waals surface area contributed by atoms with Gasteiger partial charge in [0.25, 0.3) is 0 Å². The Labute approximate surface area is 127 Å². The molecule has 0 aromatic rings. The Morgan fingerprint density at radius 3 is 2.62 bits per heavy atom. The van der Waals surface area contributed by atoms with Crippen molar-refractivity contribution in [2.75, 3.05) is 27.2 Å². The largest absolute Gasteiger partial charge is 0.481 e. The fraction of sp³-hybridized carbons (Fsp3) is 0.867. The second-order valence-electron chi connectivity index (χ2n) is 6.43. The third-order valence-corrected chi connectivity index (χ3v) is 4.45. The van der Waals surface area contributed by atoms with Crippen LogP contribution in [0.3, 0.4) is 0 Å². The van der Waals surface area contributed by atoms with Gasteiger partial charge in [-0.2, -0.15) is 0 Å². The summed E-state index contributed by atoms with van der Waals surface area (Å²) < 4.78 is 0. The van der Waals surface area contributed by atoms with Crippen molar-refractivity contribution in [2.45, 2.75) is 51.0 Å². The lowest BCUT2D eigenvalue weighted by Gasteiger charge is -2.45. The van der Waals surface area contributed by atoms with Crippen molar-refractivity contribution < 1.29 is 14.7 Å². The number of hydrogen-bond acceptors (Lipinski definition) is 3. The third kappa shape index (κ3) is 5.91. The molecule has 0 aromatic heterocycles. The number of nitrogens with zero attached hydrogens (tertiary/aromatic N) is 1. The number of carboxylic acid groups (broad SMARTS) is 1. The summed E-state index contributed by atoms with van der Waals surface area (Å²) in [5.74, 6) is -0.151. The normalized spacial score (nSPS) is 25.6. The number of aliphatic carboxylic acids is 1. The van der Waals surface area contributed by atoms with E-state index in [1.54, 1.807) is 0 Å². The molecule has 6 nitrogen and oxygen atoms in total. The molecule has 1 saturated carbocycles. The van der Waals surface area contributed by atoms with Gasteiger partial charge in [-0.3, -0.25) is 4.79 Å². The third-order valence-electron chi connectivity index (χ3n) is 4.45. The van der Waals surface area contributed by atoms with Crippen molar-refractivity contribution in [1.82, 2.24) is 15.5 Å². The van der Waals surface area contributed by atoms with Gasteiger partial charge in [-0.05, 0) is 39.3 Å². The van der Waals surface area contributed by atoms with Gasteiger partial charge in [-0.1, -0.05) is 19.8 Å². The van der Waals surface area contributed by atoms with Crippen LogP contribution < -0.4 is 10.6 Å². The Hall–Kier alpha value is -1.30. The van der Waals surface area contributed by atoms with E-state index in [1.807, 2.05) is 0 Å². The highest BCUT2D eigenvalue weighted by molar-refractivity contribution is 5.74. The summed E-state index contributed by atoms with van der Waals surface area (Å²) in [6.45, 7) is 3.29. The van der Waals surface area contributed by atoms with Gasteiger partial charge in [0.05, 0.1) is 0 Å². The molecule has 2 amide bonds. The maximum atomic E-state index is 11.8. The highest BCUT2D eigenvalue weighted by Crippen LogP contribution is 2.35. The molecule has 2 atom stereocenters. The number of carbonyl (C=O) groups is 2. The molecule has 0 spiro atoms. The molecule has 0 saturated heterocycles. The van der Waals surface area contributed by atoms with Gasteiger partial charge in [0.2, 0.25) is 0 Å². The van der Waals surface area contributed by atoms with Crippen LogP contribution in [0.25, 0.3) is 0 Å². The number of nitrogens with one attached hydrogen (secondary N) is 2. The first-order chi connectivity index (χ1) is 9.85. The average Bonchev–Trinajstić information content (AvgIpc) is 2.41. The van der Waals surface area contributed by atoms with Crippen LogP contribution >= 0.6 is 0 Å². The summed E-state index contributed by atoms with van der Waals surface area (Å²) in [6.07, 6.45) is 5.19. The van der Waals surface area contributed by atoms with Gasteiger partial charge in [0, 0.05) is 25.0 Å². The molecule has 6 heteroatoms. The lowest BCUT2D eigenvalue weighted by Crippen LogP contribution is -2.56. The van der Waals surface area contributed by atoms with Crippen LogP contribution in [-0.2, 0) is 4.79 Å². The minimum absolute atomic E-state index is 0.0378. The van der Waals surface area contributed by atoms with Gasteiger partial charge in [-0.25, -0.2) is 4.79 Å². The monoisotopic (exact) mass is 299 g/mol. The Morgan fingerprint density at radius 1 is 1.33 bits per heavy atom. The van der Waals surface area contributed by atoms with Crippen LogP contribution in [0, 0.1) is 5.92 Å². The van der Waals surface area contributed by atoms with Crippen molar-refractivity contribution in [3.63, 3.8) is 0 Å². The first-order valence-electron chi connectivity index (χ1n) is 7.77. The number of urea groups is 1. The molecule has 2 unspecified atom stereocenters. The smallest absolute Gasteiger partial charge is 0.314 e. The fourth-order valence-electron chi connectivity index (χ4n) is 3.11. The van der Waals surface area contributed by atoms with Gasteiger partial charge in [0.15, 0.2) is 0 Å². The number of amides is 2. The highest BCUT2D eigenvalue weighted by Gasteiger charge is 2.37. The molecule has 3 N–H and O–H groups in total. The molecule has 0 radical (unpaired) electrons. The van der Waals surface area contributed by atoms with E-state index in [-0.39, 0.29) is 18.0 Å². The average molecular weight is 299 g/mol. The Morgan fingerprint density at radius 2 is 2.05 bits per heavy atom. The van der Waals surface area contributed by atoms with E-state index in [4.69, 9.17) is 5.11 Å². The lowest BCUT2D eigenvalue weighted by molar-refractivity contribution is -0.137. The minimum atomic E-state index is -0.833. The number of hydrogen-bond donors (Lipinski definition) is 3. The predicted molar refractivity (Wildman–Crippen MR) is 82.3 cm³/mol. The zero-order valence-electron chi connectivity index (χ0n) is 13.4. The van der Waals surface area contributed by atoms with Crippen LogP contribution in [-0.4, -0.2) is 54.7 Å². The fourth-order valence-corrected chi connectivity index (χ4v) is 3.11. The molecule has 1 aliphatic carbocycles. The van der Waals surface area contributed by atoms with Crippen molar-refractivity contribution in [2.24, 2.45) is 5.92 Å². The van der Waals surface area contributed by atoms with Crippen LogP contribution in [0.2, 0.25) is 0 Å². The van der Waals surface area contributed by atoms with Gasteiger partial charge in [-0.15, -0.1) is 0 Å². The summed E-state index contributed by atoms with van der Waals surface area (Å²) >= 11 is 0. The number of likely N-dealkylation sites (N-methyl/N-ethyl adjacent to an activating group) is 1. The molecule has 0 aromatic carbocycles. The zero-order valence-corrected chi connectivity index (χ0v) is 13.4. The molecule has 1 aliphatic rings. The van der Waals surface area contributed by atoms with E-state index in [2.05, 4.69) is 36.6 Å². The van der Waals surface area contributed by atoms with Gasteiger partial charge < -0.3 is 20.6 Å². The summed E-state index contributed by atoms with van der Waals surface area (Å²) in [6, 6.07) is -0.208. The first-order valence-corrected chi connectivity index (χ1v) is 7.77. The maximum Gasteiger partial charge on any atom is 0.314 e. The predicted octanol–water partition coefficient (Wildman–Crippen LogP) is 1.66. The summed E-state index contributed by atoms with van der Waals surface area (Å²) in [5, 5.41) is 14.2. The molecule has 0 aliphatic heterocycles. The molecule has 0 bridgehead atoms. The van der Waals surface area contributed by atoms with Gasteiger partial charge in [0.1, 0.15) is 0 Å². The van der Waals surface area contributed by atoms with Crippen LogP contribution in [0.1, 0.15) is 45.4 Å². The van der Waals surface area contributed by atoms with E-state index >= 15 is 0 Å². The number of carbonyl (C=O) groups excluding carboxylic acids is 1. The molecular formula is C15H29N3O3. The van der Waals surface area contributed by atoms with Crippen molar-refractivity contribution in [3.8, 4) is 0 Å². The van der Waals surface area contributed by atoms with Crippen molar-refractivity contribution in [1.29, 1.82) is 0 Å². The molecule has 0 heterocycles. The lowest BCUT2D eigenvalue weighted by atomic mass is 9.75. The SMILES string of the molecule is CC1CCCC(CNC(=O)NCCCC(=O)O)(N(C)C)C1.